The van der Waals surface area contributed by atoms with Gasteiger partial charge in [-0.3, -0.25) is 4.79 Å². The second-order valence-corrected chi connectivity index (χ2v) is 7.74. The number of rotatable bonds is 0. The third kappa shape index (κ3) is 2.88. The van der Waals surface area contributed by atoms with Crippen LogP contribution in [0, 0.1) is 0 Å². The zero-order valence-electron chi connectivity index (χ0n) is 14.6. The van der Waals surface area contributed by atoms with Crippen molar-refractivity contribution in [3.05, 3.63) is 17.7 Å². The molecule has 25 heavy (non-hydrogen) atoms. The zero-order chi connectivity index (χ0) is 17.8. The highest BCUT2D eigenvalue weighted by molar-refractivity contribution is 6.01. The minimum absolute atomic E-state index is 0.00871. The molecule has 0 aromatic heterocycles. The molecule has 0 aliphatic carbocycles. The minimum Gasteiger partial charge on any atom is -0.484 e. The number of hydrogen-bond acceptors (Lipinski definition) is 6. The quantitative estimate of drug-likeness (QED) is 0.718. The summed E-state index contributed by atoms with van der Waals surface area (Å²) in [6.45, 7) is 6.47. The highest BCUT2D eigenvalue weighted by Gasteiger charge is 2.48. The number of Topliss-reactive ketones (excluding diaryl/α,β-unsaturated/α-hetero) is 1. The largest absolute Gasteiger partial charge is 0.484 e. The molecule has 7 heteroatoms. The Morgan fingerprint density at radius 3 is 2.64 bits per heavy atom. The first-order chi connectivity index (χ1) is 11.7. The molecule has 4 rings (SSSR count). The lowest BCUT2D eigenvalue weighted by Crippen LogP contribution is -2.46. The maximum atomic E-state index is 12.6. The second kappa shape index (κ2) is 5.28. The molecule has 1 spiro atoms. The van der Waals surface area contributed by atoms with Crippen LogP contribution in [0.4, 0.5) is 4.79 Å². The van der Waals surface area contributed by atoms with Gasteiger partial charge in [-0.15, -0.1) is 0 Å². The highest BCUT2D eigenvalue weighted by Crippen LogP contribution is 2.45. The van der Waals surface area contributed by atoms with Gasteiger partial charge in [0.25, 0.3) is 0 Å². The van der Waals surface area contributed by atoms with E-state index in [-0.39, 0.29) is 25.1 Å². The second-order valence-electron chi connectivity index (χ2n) is 7.74. The molecule has 0 unspecified atom stereocenters. The molecular weight excluding hydrogens is 326 g/mol. The number of amides is 1. The van der Waals surface area contributed by atoms with E-state index in [9.17, 15) is 9.59 Å². The molecule has 1 amide bonds. The van der Waals surface area contributed by atoms with Crippen LogP contribution in [0.5, 0.6) is 17.2 Å². The van der Waals surface area contributed by atoms with Gasteiger partial charge in [0.15, 0.2) is 17.3 Å². The lowest BCUT2D eigenvalue weighted by atomic mass is 9.89. The predicted molar refractivity (Wildman–Crippen MR) is 87.3 cm³/mol. The monoisotopic (exact) mass is 347 g/mol. The molecule has 0 N–H and O–H groups in total. The number of carbonyl (C=O) groups is 2. The number of likely N-dealkylation sites (tertiary alicyclic amines) is 1. The summed E-state index contributed by atoms with van der Waals surface area (Å²) >= 11 is 0. The molecule has 7 nitrogen and oxygen atoms in total. The molecule has 3 aliphatic rings. The molecule has 0 bridgehead atoms. The van der Waals surface area contributed by atoms with Gasteiger partial charge < -0.3 is 23.8 Å². The Hall–Kier alpha value is -2.44. The molecular formula is C18H21NO6. The standard InChI is InChI=1S/C18H21NO6/c1-17(2,3)25-16(21)19-5-4-18(9-19)8-12(20)11-6-14-15(23-10-22-14)7-13(11)24-18/h6-7H,4-5,8-10H2,1-3H3/t18-/m1/s1. The van der Waals surface area contributed by atoms with Crippen molar-refractivity contribution in [1.29, 1.82) is 0 Å². The van der Waals surface area contributed by atoms with Crippen LogP contribution in [0.2, 0.25) is 0 Å². The number of carbonyl (C=O) groups excluding carboxylic acids is 2. The molecule has 134 valence electrons. The highest BCUT2D eigenvalue weighted by atomic mass is 16.7. The van der Waals surface area contributed by atoms with E-state index in [1.54, 1.807) is 17.0 Å². The number of nitrogens with zero attached hydrogens (tertiary/aromatic N) is 1. The van der Waals surface area contributed by atoms with Crippen LogP contribution in [0.25, 0.3) is 0 Å². The van der Waals surface area contributed by atoms with Crippen LogP contribution in [0.3, 0.4) is 0 Å². The Bertz CT molecular complexity index is 753. The molecule has 1 aromatic carbocycles. The summed E-state index contributed by atoms with van der Waals surface area (Å²) in [5, 5.41) is 0. The average Bonchev–Trinajstić information content (AvgIpc) is 3.10. The van der Waals surface area contributed by atoms with E-state index in [4.69, 9.17) is 18.9 Å². The zero-order valence-corrected chi connectivity index (χ0v) is 14.6. The van der Waals surface area contributed by atoms with E-state index in [0.29, 0.717) is 42.3 Å². The minimum atomic E-state index is -0.700. The molecule has 1 fully saturated rings. The molecule has 1 saturated heterocycles. The summed E-state index contributed by atoms with van der Waals surface area (Å²) in [6, 6.07) is 3.38. The average molecular weight is 347 g/mol. The number of ether oxygens (including phenoxy) is 4. The number of benzene rings is 1. The topological polar surface area (TPSA) is 74.3 Å². The van der Waals surface area contributed by atoms with Crippen LogP contribution >= 0.6 is 0 Å². The van der Waals surface area contributed by atoms with Gasteiger partial charge in [-0.25, -0.2) is 4.79 Å². The summed E-state index contributed by atoms with van der Waals surface area (Å²) in [5.74, 6) is 1.62. The van der Waals surface area contributed by atoms with Crippen molar-refractivity contribution in [2.24, 2.45) is 0 Å². The van der Waals surface area contributed by atoms with Gasteiger partial charge in [-0.1, -0.05) is 0 Å². The first-order valence-corrected chi connectivity index (χ1v) is 8.39. The predicted octanol–water partition coefficient (Wildman–Crippen LogP) is 2.76. The first kappa shape index (κ1) is 16.1. The van der Waals surface area contributed by atoms with Gasteiger partial charge in [0.05, 0.1) is 18.5 Å². The van der Waals surface area contributed by atoms with Crippen molar-refractivity contribution in [1.82, 2.24) is 4.90 Å². The number of fused-ring (bicyclic) bond motifs is 2. The fourth-order valence-electron chi connectivity index (χ4n) is 3.44. The van der Waals surface area contributed by atoms with Gasteiger partial charge in [0.2, 0.25) is 6.79 Å². The fourth-order valence-corrected chi connectivity index (χ4v) is 3.44. The van der Waals surface area contributed by atoms with Crippen LogP contribution in [0.1, 0.15) is 44.0 Å². The van der Waals surface area contributed by atoms with Crippen LogP contribution in [-0.4, -0.2) is 47.9 Å². The molecule has 0 saturated carbocycles. The van der Waals surface area contributed by atoms with Gasteiger partial charge >= 0.3 is 6.09 Å². The SMILES string of the molecule is CC(C)(C)OC(=O)N1CC[C@@]2(CC(=O)c3cc4c(cc3O2)OCO4)C1. The van der Waals surface area contributed by atoms with E-state index >= 15 is 0 Å². The normalized spacial score (nSPS) is 24.3. The van der Waals surface area contributed by atoms with E-state index in [1.165, 1.54) is 0 Å². The van der Waals surface area contributed by atoms with E-state index in [1.807, 2.05) is 20.8 Å². The summed E-state index contributed by atoms with van der Waals surface area (Å²) in [4.78, 5) is 26.5. The molecule has 3 aliphatic heterocycles. The Balaban J connectivity index is 1.55. The van der Waals surface area contributed by atoms with Crippen molar-refractivity contribution in [2.75, 3.05) is 19.9 Å². The van der Waals surface area contributed by atoms with Crippen molar-refractivity contribution in [3.8, 4) is 17.2 Å². The molecule has 0 radical (unpaired) electrons. The van der Waals surface area contributed by atoms with Crippen LogP contribution in [-0.2, 0) is 4.74 Å². The first-order valence-electron chi connectivity index (χ1n) is 8.39. The lowest BCUT2D eigenvalue weighted by molar-refractivity contribution is 0.0171. The van der Waals surface area contributed by atoms with E-state index < -0.39 is 11.2 Å². The van der Waals surface area contributed by atoms with E-state index in [0.717, 1.165) is 0 Å². The summed E-state index contributed by atoms with van der Waals surface area (Å²) in [6.07, 6.45) is 0.446. The molecule has 1 atom stereocenters. The summed E-state index contributed by atoms with van der Waals surface area (Å²) in [7, 11) is 0. The Morgan fingerprint density at radius 2 is 1.92 bits per heavy atom. The number of hydrogen-bond donors (Lipinski definition) is 0. The van der Waals surface area contributed by atoms with Gasteiger partial charge in [-0.2, -0.15) is 0 Å². The Labute approximate surface area is 145 Å². The number of ketones is 1. The smallest absolute Gasteiger partial charge is 0.410 e. The third-order valence-electron chi connectivity index (χ3n) is 4.55. The maximum absolute atomic E-state index is 12.6. The van der Waals surface area contributed by atoms with Crippen molar-refractivity contribution >= 4 is 11.9 Å². The maximum Gasteiger partial charge on any atom is 0.410 e. The molecule has 1 aromatic rings. The summed E-state index contributed by atoms with van der Waals surface area (Å²) in [5.41, 5.74) is -0.750. The van der Waals surface area contributed by atoms with Crippen molar-refractivity contribution in [2.45, 2.75) is 44.8 Å². The van der Waals surface area contributed by atoms with Crippen molar-refractivity contribution in [3.63, 3.8) is 0 Å². The Kier molecular flexibility index (Phi) is 3.39. The van der Waals surface area contributed by atoms with Gasteiger partial charge in [0.1, 0.15) is 17.0 Å². The summed E-state index contributed by atoms with van der Waals surface area (Å²) < 4.78 is 22.3. The van der Waals surface area contributed by atoms with Gasteiger partial charge in [-0.05, 0) is 26.8 Å². The van der Waals surface area contributed by atoms with Crippen molar-refractivity contribution < 1.29 is 28.5 Å². The van der Waals surface area contributed by atoms with Gasteiger partial charge in [0, 0.05) is 19.0 Å². The fraction of sp³-hybridized carbons (Fsp3) is 0.556. The van der Waals surface area contributed by atoms with E-state index in [2.05, 4.69) is 0 Å². The Morgan fingerprint density at radius 1 is 1.20 bits per heavy atom. The third-order valence-corrected chi connectivity index (χ3v) is 4.55. The van der Waals surface area contributed by atoms with Crippen LogP contribution < -0.4 is 14.2 Å². The molecule has 3 heterocycles. The van der Waals surface area contributed by atoms with Crippen LogP contribution in [0.15, 0.2) is 12.1 Å². The lowest BCUT2D eigenvalue weighted by Gasteiger charge is -2.34.